The van der Waals surface area contributed by atoms with Crippen LogP contribution in [0.15, 0.2) is 12.1 Å². The number of hydrogen-bond donors (Lipinski definition) is 0. The first-order chi connectivity index (χ1) is 6.97. The minimum Gasteiger partial charge on any atom is -0.294 e. The number of halogens is 1. The summed E-state index contributed by atoms with van der Waals surface area (Å²) < 4.78 is 0. The third-order valence-corrected chi connectivity index (χ3v) is 2.47. The SMILES string of the molecule is CCc1cc([N+](=O)[O-])c(C(C)=O)cc1Cl. The minimum absolute atomic E-state index is 0.0576. The van der Waals surface area contributed by atoms with Gasteiger partial charge >= 0.3 is 0 Å². The monoisotopic (exact) mass is 227 g/mol. The first kappa shape index (κ1) is 11.7. The zero-order chi connectivity index (χ0) is 11.6. The summed E-state index contributed by atoms with van der Waals surface area (Å²) in [5, 5.41) is 11.1. The van der Waals surface area contributed by atoms with Gasteiger partial charge in [0.15, 0.2) is 5.78 Å². The lowest BCUT2D eigenvalue weighted by Crippen LogP contribution is -2.01. The summed E-state index contributed by atoms with van der Waals surface area (Å²) in [6.45, 7) is 3.13. The minimum atomic E-state index is -0.563. The molecule has 0 aliphatic rings. The molecule has 0 spiro atoms. The second-order valence-electron chi connectivity index (χ2n) is 3.13. The topological polar surface area (TPSA) is 60.2 Å². The van der Waals surface area contributed by atoms with E-state index < -0.39 is 4.92 Å². The summed E-state index contributed by atoms with van der Waals surface area (Å²) in [6, 6.07) is 2.72. The van der Waals surface area contributed by atoms with E-state index in [-0.39, 0.29) is 17.0 Å². The van der Waals surface area contributed by atoms with Crippen molar-refractivity contribution in [3.8, 4) is 0 Å². The van der Waals surface area contributed by atoms with Crippen LogP contribution >= 0.6 is 11.6 Å². The van der Waals surface area contributed by atoms with E-state index in [1.807, 2.05) is 6.92 Å². The molecular formula is C10H10ClNO3. The number of nitrogens with zero attached hydrogens (tertiary/aromatic N) is 1. The van der Waals surface area contributed by atoms with Crippen LogP contribution in [0.2, 0.25) is 5.02 Å². The van der Waals surface area contributed by atoms with Crippen molar-refractivity contribution in [3.63, 3.8) is 0 Å². The van der Waals surface area contributed by atoms with Gasteiger partial charge in [0.25, 0.3) is 5.69 Å². The molecule has 0 aliphatic heterocycles. The second kappa shape index (κ2) is 4.40. The molecule has 1 aromatic carbocycles. The van der Waals surface area contributed by atoms with Crippen LogP contribution in [0.1, 0.15) is 29.8 Å². The summed E-state index contributed by atoms with van der Waals surface area (Å²) in [5.41, 5.74) is 0.555. The highest BCUT2D eigenvalue weighted by Gasteiger charge is 2.19. The fraction of sp³-hybridized carbons (Fsp3) is 0.300. The van der Waals surface area contributed by atoms with Gasteiger partial charge in [0.2, 0.25) is 0 Å². The third kappa shape index (κ3) is 2.33. The molecule has 0 saturated carbocycles. The number of nitro benzene ring substituents is 1. The molecule has 0 N–H and O–H groups in total. The quantitative estimate of drug-likeness (QED) is 0.453. The Labute approximate surface area is 92.0 Å². The maximum atomic E-state index is 11.2. The average Bonchev–Trinajstić information content (AvgIpc) is 2.16. The molecule has 4 nitrogen and oxygen atoms in total. The van der Waals surface area contributed by atoms with Gasteiger partial charge in [-0.15, -0.1) is 0 Å². The Kier molecular flexibility index (Phi) is 3.42. The number of nitro groups is 1. The van der Waals surface area contributed by atoms with Gasteiger partial charge in [0.1, 0.15) is 0 Å². The maximum Gasteiger partial charge on any atom is 0.280 e. The number of carbonyl (C=O) groups is 1. The number of benzene rings is 1. The zero-order valence-corrected chi connectivity index (χ0v) is 9.17. The molecule has 0 fully saturated rings. The van der Waals surface area contributed by atoms with Crippen molar-refractivity contribution in [2.24, 2.45) is 0 Å². The molecule has 80 valence electrons. The number of ketones is 1. The number of hydrogen-bond acceptors (Lipinski definition) is 3. The summed E-state index contributed by atoms with van der Waals surface area (Å²) in [5.74, 6) is -0.355. The van der Waals surface area contributed by atoms with Crippen LogP contribution < -0.4 is 0 Å². The molecule has 0 atom stereocenters. The van der Waals surface area contributed by atoms with Crippen LogP contribution in [0, 0.1) is 10.1 Å². The van der Waals surface area contributed by atoms with E-state index in [0.717, 1.165) is 0 Å². The van der Waals surface area contributed by atoms with Gasteiger partial charge in [0.05, 0.1) is 10.5 Å². The fourth-order valence-corrected chi connectivity index (χ4v) is 1.61. The van der Waals surface area contributed by atoms with Crippen LogP contribution in [0.3, 0.4) is 0 Å². The van der Waals surface area contributed by atoms with E-state index >= 15 is 0 Å². The molecule has 0 heterocycles. The van der Waals surface area contributed by atoms with E-state index in [4.69, 9.17) is 11.6 Å². The second-order valence-corrected chi connectivity index (χ2v) is 3.53. The van der Waals surface area contributed by atoms with E-state index in [9.17, 15) is 14.9 Å². The van der Waals surface area contributed by atoms with Crippen LogP contribution in [-0.2, 0) is 6.42 Å². The Hall–Kier alpha value is -1.42. The standard InChI is InChI=1S/C10H10ClNO3/c1-3-7-4-10(12(14)15)8(6(2)13)5-9(7)11/h4-5H,3H2,1-2H3. The molecule has 0 aromatic heterocycles. The van der Waals surface area contributed by atoms with E-state index in [1.54, 1.807) is 0 Å². The lowest BCUT2D eigenvalue weighted by atomic mass is 10.0. The fourth-order valence-electron chi connectivity index (χ4n) is 1.31. The molecule has 1 rings (SSSR count). The maximum absolute atomic E-state index is 11.2. The van der Waals surface area contributed by atoms with E-state index in [0.29, 0.717) is 17.0 Å². The molecular weight excluding hydrogens is 218 g/mol. The van der Waals surface area contributed by atoms with Crippen LogP contribution in [0.5, 0.6) is 0 Å². The Morgan fingerprint density at radius 3 is 2.53 bits per heavy atom. The van der Waals surface area contributed by atoms with Crippen molar-refractivity contribution in [2.75, 3.05) is 0 Å². The van der Waals surface area contributed by atoms with Gasteiger partial charge in [-0.05, 0) is 25.0 Å². The molecule has 0 bridgehead atoms. The Balaban J connectivity index is 3.45. The van der Waals surface area contributed by atoms with Crippen LogP contribution in [0.4, 0.5) is 5.69 Å². The predicted octanol–water partition coefficient (Wildman–Crippen LogP) is 3.01. The summed E-state index contributed by atoms with van der Waals surface area (Å²) in [6.07, 6.45) is 0.595. The van der Waals surface area contributed by atoms with E-state index in [2.05, 4.69) is 0 Å². The van der Waals surface area contributed by atoms with Crippen molar-refractivity contribution in [1.29, 1.82) is 0 Å². The van der Waals surface area contributed by atoms with Gasteiger partial charge in [-0.2, -0.15) is 0 Å². The molecule has 0 radical (unpaired) electrons. The molecule has 0 aliphatic carbocycles. The summed E-state index contributed by atoms with van der Waals surface area (Å²) in [7, 11) is 0. The van der Waals surface area contributed by atoms with Gasteiger partial charge in [-0.3, -0.25) is 14.9 Å². The first-order valence-electron chi connectivity index (χ1n) is 4.45. The Bertz CT molecular complexity index is 429. The molecule has 1 aromatic rings. The van der Waals surface area contributed by atoms with Gasteiger partial charge in [-0.25, -0.2) is 0 Å². The predicted molar refractivity (Wildman–Crippen MR) is 57.5 cm³/mol. The lowest BCUT2D eigenvalue weighted by Gasteiger charge is -2.04. The highest BCUT2D eigenvalue weighted by molar-refractivity contribution is 6.32. The lowest BCUT2D eigenvalue weighted by molar-refractivity contribution is -0.385. The number of aryl methyl sites for hydroxylation is 1. The van der Waals surface area contributed by atoms with Gasteiger partial charge in [-0.1, -0.05) is 18.5 Å². The first-order valence-corrected chi connectivity index (χ1v) is 4.83. The van der Waals surface area contributed by atoms with Crippen molar-refractivity contribution >= 4 is 23.1 Å². The number of carbonyl (C=O) groups excluding carboxylic acids is 1. The van der Waals surface area contributed by atoms with Crippen molar-refractivity contribution in [1.82, 2.24) is 0 Å². The van der Waals surface area contributed by atoms with Crippen molar-refractivity contribution in [3.05, 3.63) is 38.4 Å². The largest absolute Gasteiger partial charge is 0.294 e. The summed E-state index contributed by atoms with van der Waals surface area (Å²) in [4.78, 5) is 21.3. The highest BCUT2D eigenvalue weighted by Crippen LogP contribution is 2.27. The number of rotatable bonds is 3. The van der Waals surface area contributed by atoms with Crippen LogP contribution in [-0.4, -0.2) is 10.7 Å². The average molecular weight is 228 g/mol. The smallest absolute Gasteiger partial charge is 0.280 e. The van der Waals surface area contributed by atoms with Crippen molar-refractivity contribution in [2.45, 2.75) is 20.3 Å². The summed E-state index contributed by atoms with van der Waals surface area (Å²) >= 11 is 5.88. The Morgan fingerprint density at radius 2 is 2.13 bits per heavy atom. The highest BCUT2D eigenvalue weighted by atomic mass is 35.5. The Morgan fingerprint density at radius 1 is 1.53 bits per heavy atom. The molecule has 0 saturated heterocycles. The molecule has 0 amide bonds. The number of Topliss-reactive ketones (excluding diaryl/α,β-unsaturated/α-hetero) is 1. The molecule has 0 unspecified atom stereocenters. The zero-order valence-electron chi connectivity index (χ0n) is 8.41. The van der Waals surface area contributed by atoms with Gasteiger partial charge < -0.3 is 0 Å². The van der Waals surface area contributed by atoms with Gasteiger partial charge in [0, 0.05) is 11.1 Å². The van der Waals surface area contributed by atoms with E-state index in [1.165, 1.54) is 19.1 Å². The van der Waals surface area contributed by atoms with Crippen molar-refractivity contribution < 1.29 is 9.72 Å². The third-order valence-electron chi connectivity index (χ3n) is 2.12. The van der Waals surface area contributed by atoms with Crippen LogP contribution in [0.25, 0.3) is 0 Å². The molecule has 5 heteroatoms. The normalized spacial score (nSPS) is 10.1. The molecule has 15 heavy (non-hydrogen) atoms.